The first kappa shape index (κ1) is 14.0. The number of fused-ring (bicyclic) bond motifs is 1. The Hall–Kier alpha value is -1.92. The lowest BCUT2D eigenvalue weighted by atomic mass is 10.1. The molecule has 1 aromatic carbocycles. The van der Waals surface area contributed by atoms with Gasteiger partial charge in [-0.2, -0.15) is 0 Å². The third-order valence-electron chi connectivity index (χ3n) is 3.98. The monoisotopic (exact) mass is 292 g/mol. The van der Waals surface area contributed by atoms with Crippen molar-refractivity contribution in [3.63, 3.8) is 0 Å². The van der Waals surface area contributed by atoms with Gasteiger partial charge in [0.25, 0.3) is 0 Å². The van der Waals surface area contributed by atoms with Crippen molar-refractivity contribution < 1.29 is 18.5 Å². The van der Waals surface area contributed by atoms with E-state index in [1.165, 1.54) is 17.0 Å². The first-order valence-corrected chi connectivity index (χ1v) is 7.10. The Labute approximate surface area is 122 Å². The van der Waals surface area contributed by atoms with Crippen LogP contribution in [0.4, 0.5) is 4.39 Å². The van der Waals surface area contributed by atoms with Gasteiger partial charge in [-0.15, -0.1) is 0 Å². The van der Waals surface area contributed by atoms with Crippen molar-refractivity contribution >= 4 is 16.9 Å². The fourth-order valence-corrected chi connectivity index (χ4v) is 2.60. The smallest absolute Gasteiger partial charge is 0.301 e. The third kappa shape index (κ3) is 2.77. The maximum atomic E-state index is 13.3. The van der Waals surface area contributed by atoms with E-state index in [0.717, 1.165) is 26.2 Å². The van der Waals surface area contributed by atoms with E-state index in [-0.39, 0.29) is 17.5 Å². The zero-order chi connectivity index (χ0) is 15.0. The van der Waals surface area contributed by atoms with Crippen LogP contribution < -0.4 is 10.3 Å². The SMILES string of the molecule is Cc1c(C(=O)NN2CC[NH+](C)CC2)oc2ccc(F)cc12. The lowest BCUT2D eigenvalue weighted by Crippen LogP contribution is -3.12. The Morgan fingerprint density at radius 1 is 1.38 bits per heavy atom. The molecule has 3 rings (SSSR count). The molecule has 1 amide bonds. The summed E-state index contributed by atoms with van der Waals surface area (Å²) in [7, 11) is 2.14. The molecule has 0 radical (unpaired) electrons. The van der Waals surface area contributed by atoms with Crippen molar-refractivity contribution in [1.29, 1.82) is 0 Å². The van der Waals surface area contributed by atoms with Crippen LogP contribution in [0, 0.1) is 12.7 Å². The fraction of sp³-hybridized carbons (Fsp3) is 0.400. The highest BCUT2D eigenvalue weighted by molar-refractivity contribution is 5.98. The van der Waals surface area contributed by atoms with Gasteiger partial charge in [-0.1, -0.05) is 0 Å². The van der Waals surface area contributed by atoms with Crippen molar-refractivity contribution in [1.82, 2.24) is 10.4 Å². The molecule has 2 aromatic rings. The molecule has 2 N–H and O–H groups in total. The number of hydrazine groups is 1. The van der Waals surface area contributed by atoms with E-state index >= 15 is 0 Å². The van der Waals surface area contributed by atoms with Crippen molar-refractivity contribution in [3.05, 3.63) is 35.3 Å². The third-order valence-corrected chi connectivity index (χ3v) is 3.98. The van der Waals surface area contributed by atoms with Crippen molar-refractivity contribution in [2.75, 3.05) is 33.2 Å². The minimum Gasteiger partial charge on any atom is -0.451 e. The Kier molecular flexibility index (Phi) is 3.65. The summed E-state index contributed by atoms with van der Waals surface area (Å²) in [6.07, 6.45) is 0. The van der Waals surface area contributed by atoms with Gasteiger partial charge in [-0.3, -0.25) is 10.2 Å². The molecule has 5 nitrogen and oxygen atoms in total. The standard InChI is InChI=1S/C15H18FN3O2/c1-10-12-9-11(16)3-4-13(12)21-14(10)15(20)17-19-7-5-18(2)6-8-19/h3-4,9H,5-8H2,1-2H3,(H,17,20)/p+1. The molecule has 6 heteroatoms. The number of quaternary nitrogens is 1. The molecule has 0 unspecified atom stereocenters. The molecule has 21 heavy (non-hydrogen) atoms. The molecule has 2 heterocycles. The molecule has 0 spiro atoms. The number of piperazine rings is 1. The topological polar surface area (TPSA) is 49.9 Å². The van der Waals surface area contributed by atoms with Crippen LogP contribution in [0.1, 0.15) is 16.1 Å². The molecule has 1 fully saturated rings. The Bertz CT molecular complexity index is 675. The molecule has 0 saturated carbocycles. The zero-order valence-electron chi connectivity index (χ0n) is 12.2. The Morgan fingerprint density at radius 3 is 2.81 bits per heavy atom. The molecule has 0 aliphatic carbocycles. The second kappa shape index (κ2) is 5.46. The average molecular weight is 292 g/mol. The van der Waals surface area contributed by atoms with Crippen LogP contribution in [-0.4, -0.2) is 44.1 Å². The summed E-state index contributed by atoms with van der Waals surface area (Å²) >= 11 is 0. The number of hydrogen-bond acceptors (Lipinski definition) is 3. The van der Waals surface area contributed by atoms with E-state index in [4.69, 9.17) is 4.42 Å². The van der Waals surface area contributed by atoms with Crippen LogP contribution in [0.3, 0.4) is 0 Å². The fourth-order valence-electron chi connectivity index (χ4n) is 2.60. The number of amides is 1. The number of nitrogens with zero attached hydrogens (tertiary/aromatic N) is 1. The van der Waals surface area contributed by atoms with Gasteiger partial charge >= 0.3 is 5.91 Å². The van der Waals surface area contributed by atoms with Gasteiger partial charge in [0.15, 0.2) is 5.76 Å². The molecule has 0 atom stereocenters. The number of rotatable bonds is 2. The molecule has 1 aliphatic heterocycles. The predicted octanol–water partition coefficient (Wildman–Crippen LogP) is 0.355. The van der Waals surface area contributed by atoms with Crippen molar-refractivity contribution in [2.45, 2.75) is 6.92 Å². The van der Waals surface area contributed by atoms with E-state index in [9.17, 15) is 9.18 Å². The number of furan rings is 1. The van der Waals surface area contributed by atoms with Crippen molar-refractivity contribution in [2.24, 2.45) is 0 Å². The van der Waals surface area contributed by atoms with Crippen LogP contribution in [0.15, 0.2) is 22.6 Å². The molecule has 1 aromatic heterocycles. The maximum Gasteiger partial charge on any atom is 0.301 e. The number of likely N-dealkylation sites (N-methyl/N-ethyl adjacent to an activating group) is 1. The van der Waals surface area contributed by atoms with E-state index in [1.807, 2.05) is 5.01 Å². The highest BCUT2D eigenvalue weighted by atomic mass is 19.1. The quantitative estimate of drug-likeness (QED) is 0.840. The zero-order valence-corrected chi connectivity index (χ0v) is 12.2. The first-order valence-electron chi connectivity index (χ1n) is 7.10. The van der Waals surface area contributed by atoms with Crippen LogP contribution in [-0.2, 0) is 0 Å². The van der Waals surface area contributed by atoms with Gasteiger partial charge in [0.1, 0.15) is 11.4 Å². The summed E-state index contributed by atoms with van der Waals surface area (Å²) in [5.41, 5.74) is 4.06. The van der Waals surface area contributed by atoms with E-state index in [0.29, 0.717) is 16.5 Å². The molecular weight excluding hydrogens is 273 g/mol. The van der Waals surface area contributed by atoms with Crippen LogP contribution in [0.5, 0.6) is 0 Å². The summed E-state index contributed by atoms with van der Waals surface area (Å²) < 4.78 is 18.9. The summed E-state index contributed by atoms with van der Waals surface area (Å²) in [5.74, 6) is -0.356. The summed E-state index contributed by atoms with van der Waals surface area (Å²) in [5, 5.41) is 2.55. The van der Waals surface area contributed by atoms with Gasteiger partial charge in [-0.05, 0) is 25.1 Å². The maximum absolute atomic E-state index is 13.3. The minimum absolute atomic E-state index is 0.252. The lowest BCUT2D eigenvalue weighted by molar-refractivity contribution is -0.884. The average Bonchev–Trinajstić information content (AvgIpc) is 2.79. The van der Waals surface area contributed by atoms with Crippen molar-refractivity contribution in [3.8, 4) is 0 Å². The molecule has 112 valence electrons. The Morgan fingerprint density at radius 2 is 2.10 bits per heavy atom. The van der Waals surface area contributed by atoms with Gasteiger partial charge in [0.2, 0.25) is 0 Å². The summed E-state index contributed by atoms with van der Waals surface area (Å²) in [6.45, 7) is 5.38. The Balaban J connectivity index is 1.80. The molecule has 1 aliphatic rings. The number of benzene rings is 1. The number of nitrogens with one attached hydrogen (secondary N) is 2. The first-order chi connectivity index (χ1) is 10.0. The van der Waals surface area contributed by atoms with Gasteiger partial charge in [-0.25, -0.2) is 9.40 Å². The predicted molar refractivity (Wildman–Crippen MR) is 76.6 cm³/mol. The number of hydrogen-bond donors (Lipinski definition) is 2. The summed E-state index contributed by atoms with van der Waals surface area (Å²) in [6, 6.07) is 4.27. The number of aryl methyl sites for hydroxylation is 1. The van der Waals surface area contributed by atoms with Gasteiger partial charge in [0, 0.05) is 10.9 Å². The molecule has 1 saturated heterocycles. The van der Waals surface area contributed by atoms with Crippen LogP contribution in [0.25, 0.3) is 11.0 Å². The van der Waals surface area contributed by atoms with Crippen LogP contribution >= 0.6 is 0 Å². The summed E-state index contributed by atoms with van der Waals surface area (Å²) in [4.78, 5) is 13.8. The normalized spacial score (nSPS) is 17.3. The largest absolute Gasteiger partial charge is 0.451 e. The molecule has 0 bridgehead atoms. The van der Waals surface area contributed by atoms with Gasteiger partial charge < -0.3 is 9.32 Å². The van der Waals surface area contributed by atoms with Crippen LogP contribution in [0.2, 0.25) is 0 Å². The second-order valence-electron chi connectivity index (χ2n) is 5.58. The number of carbonyl (C=O) groups is 1. The molecular formula is C15H19FN3O2+. The highest BCUT2D eigenvalue weighted by Gasteiger charge is 2.23. The van der Waals surface area contributed by atoms with E-state index in [1.54, 1.807) is 13.0 Å². The minimum atomic E-state index is -0.333. The number of halogens is 1. The lowest BCUT2D eigenvalue weighted by Gasteiger charge is -2.29. The second-order valence-corrected chi connectivity index (χ2v) is 5.58. The van der Waals surface area contributed by atoms with Gasteiger partial charge in [0.05, 0.1) is 33.2 Å². The highest BCUT2D eigenvalue weighted by Crippen LogP contribution is 2.25. The van der Waals surface area contributed by atoms with E-state index < -0.39 is 0 Å². The number of carbonyl (C=O) groups excluding carboxylic acids is 1. The van der Waals surface area contributed by atoms with E-state index in [2.05, 4.69) is 12.5 Å².